The summed E-state index contributed by atoms with van der Waals surface area (Å²) < 4.78 is 17.2. The van der Waals surface area contributed by atoms with Crippen molar-refractivity contribution in [2.45, 2.75) is 72.1 Å². The van der Waals surface area contributed by atoms with Crippen LogP contribution in [0.1, 0.15) is 59.1 Å². The van der Waals surface area contributed by atoms with Gasteiger partial charge >= 0.3 is 5.97 Å². The molecule has 4 heterocycles. The molecule has 8 heteroatoms. The second-order valence-electron chi connectivity index (χ2n) is 10.8. The zero-order valence-electron chi connectivity index (χ0n) is 20.8. The predicted molar refractivity (Wildman–Crippen MR) is 124 cm³/mol. The lowest BCUT2D eigenvalue weighted by Crippen LogP contribution is -2.61. The van der Waals surface area contributed by atoms with Crippen LogP contribution in [0.5, 0.6) is 0 Å². The van der Waals surface area contributed by atoms with Crippen LogP contribution in [0.3, 0.4) is 0 Å². The third-order valence-electron chi connectivity index (χ3n) is 7.46. The molecule has 186 valence electrons. The van der Waals surface area contributed by atoms with Gasteiger partial charge in [-0.05, 0) is 49.8 Å². The second-order valence-corrected chi connectivity index (χ2v) is 10.8. The van der Waals surface area contributed by atoms with E-state index >= 15 is 0 Å². The van der Waals surface area contributed by atoms with Crippen molar-refractivity contribution in [2.24, 2.45) is 16.7 Å². The van der Waals surface area contributed by atoms with E-state index in [1.807, 2.05) is 17.9 Å². The Labute approximate surface area is 201 Å². The van der Waals surface area contributed by atoms with Crippen molar-refractivity contribution in [3.8, 4) is 0 Å². The van der Waals surface area contributed by atoms with E-state index in [4.69, 9.17) is 13.9 Å². The van der Waals surface area contributed by atoms with Crippen LogP contribution in [0, 0.1) is 16.7 Å². The van der Waals surface area contributed by atoms with E-state index in [2.05, 4.69) is 20.8 Å². The average Bonchev–Trinajstić information content (AvgIpc) is 3.50. The molecule has 0 N–H and O–H groups in total. The molecule has 2 fully saturated rings. The van der Waals surface area contributed by atoms with E-state index in [-0.39, 0.29) is 42.7 Å². The molecule has 1 aromatic heterocycles. The van der Waals surface area contributed by atoms with Crippen LogP contribution in [0.4, 0.5) is 0 Å². The van der Waals surface area contributed by atoms with Crippen molar-refractivity contribution < 1.29 is 28.3 Å². The molecule has 0 unspecified atom stereocenters. The van der Waals surface area contributed by atoms with Crippen LogP contribution in [0.2, 0.25) is 0 Å². The van der Waals surface area contributed by atoms with Crippen LogP contribution >= 0.6 is 0 Å². The van der Waals surface area contributed by atoms with E-state index in [1.54, 1.807) is 23.3 Å². The van der Waals surface area contributed by atoms with Crippen molar-refractivity contribution >= 4 is 17.8 Å². The van der Waals surface area contributed by atoms with Gasteiger partial charge in [-0.1, -0.05) is 20.8 Å². The molecule has 0 aliphatic carbocycles. The second kappa shape index (κ2) is 9.21. The molecule has 2 amide bonds. The first kappa shape index (κ1) is 24.5. The molecule has 4 rings (SSSR count). The van der Waals surface area contributed by atoms with E-state index in [0.29, 0.717) is 11.5 Å². The molecule has 0 saturated carbocycles. The van der Waals surface area contributed by atoms with E-state index in [1.165, 1.54) is 7.11 Å². The molecule has 0 spiro atoms. The van der Waals surface area contributed by atoms with Gasteiger partial charge in [-0.2, -0.15) is 0 Å². The first-order valence-electron chi connectivity index (χ1n) is 12.2. The zero-order valence-corrected chi connectivity index (χ0v) is 20.8. The highest BCUT2D eigenvalue weighted by atomic mass is 16.5. The minimum absolute atomic E-state index is 0.0433. The number of carbonyl (C=O) groups is 3. The maximum absolute atomic E-state index is 13.9. The average molecular weight is 473 g/mol. The monoisotopic (exact) mass is 472 g/mol. The van der Waals surface area contributed by atoms with Crippen molar-refractivity contribution in [3.05, 3.63) is 35.9 Å². The fourth-order valence-electron chi connectivity index (χ4n) is 5.47. The first-order chi connectivity index (χ1) is 16.1. The summed E-state index contributed by atoms with van der Waals surface area (Å²) >= 11 is 0. The Hall–Kier alpha value is -2.61. The highest BCUT2D eigenvalue weighted by Crippen LogP contribution is 2.52. The largest absolute Gasteiger partial charge is 0.468 e. The molecule has 0 radical (unpaired) electrons. The normalized spacial score (nSPS) is 29.6. The highest BCUT2D eigenvalue weighted by molar-refractivity contribution is 5.92. The van der Waals surface area contributed by atoms with Crippen molar-refractivity contribution in [2.75, 3.05) is 20.2 Å². The highest BCUT2D eigenvalue weighted by Gasteiger charge is 2.60. The Morgan fingerprint density at radius 2 is 1.94 bits per heavy atom. The van der Waals surface area contributed by atoms with Crippen LogP contribution in [-0.4, -0.2) is 60.0 Å². The summed E-state index contributed by atoms with van der Waals surface area (Å²) in [7, 11) is 1.36. The third-order valence-corrected chi connectivity index (χ3v) is 7.46. The van der Waals surface area contributed by atoms with Gasteiger partial charge in [0.25, 0.3) is 0 Å². The van der Waals surface area contributed by atoms with Crippen molar-refractivity contribution in [3.63, 3.8) is 0 Å². The Bertz CT molecular complexity index is 956. The smallest absolute Gasteiger partial charge is 0.320 e. The van der Waals surface area contributed by atoms with Crippen LogP contribution in [-0.2, 0) is 30.4 Å². The first-order valence-corrected chi connectivity index (χ1v) is 12.2. The third kappa shape index (κ3) is 4.28. The minimum atomic E-state index is -1.19. The predicted octanol–water partition coefficient (Wildman–Crippen LogP) is 3.52. The fraction of sp³-hybridized carbons (Fsp3) is 0.654. The lowest BCUT2D eigenvalue weighted by atomic mass is 9.65. The molecule has 3 aliphatic rings. The topological polar surface area (TPSA) is 89.3 Å². The van der Waals surface area contributed by atoms with Gasteiger partial charge in [0, 0.05) is 31.1 Å². The Kier molecular flexibility index (Phi) is 6.64. The zero-order chi connectivity index (χ0) is 24.7. The number of piperidine rings is 1. The summed E-state index contributed by atoms with van der Waals surface area (Å²) in [5.74, 6) is -0.716. The number of furan rings is 1. The number of hydrogen-bond acceptors (Lipinski definition) is 6. The number of likely N-dealkylation sites (tertiary alicyclic amines) is 2. The number of esters is 1. The number of carbonyl (C=O) groups excluding carboxylic acids is 3. The lowest BCUT2D eigenvalue weighted by molar-refractivity contribution is -0.180. The van der Waals surface area contributed by atoms with Gasteiger partial charge in [-0.25, -0.2) is 0 Å². The number of ether oxygens (including phenoxy) is 2. The van der Waals surface area contributed by atoms with Gasteiger partial charge in [-0.15, -0.1) is 0 Å². The molecule has 1 aromatic rings. The maximum atomic E-state index is 13.9. The fourth-order valence-corrected chi connectivity index (χ4v) is 5.47. The Morgan fingerprint density at radius 3 is 2.53 bits per heavy atom. The van der Waals surface area contributed by atoms with Gasteiger partial charge in [-0.3, -0.25) is 14.4 Å². The summed E-state index contributed by atoms with van der Waals surface area (Å²) in [6.45, 7) is 9.66. The summed E-state index contributed by atoms with van der Waals surface area (Å²) in [5, 5.41) is 0. The molecule has 2 saturated heterocycles. The van der Waals surface area contributed by atoms with E-state index < -0.39 is 23.4 Å². The number of hydrogen-bond donors (Lipinski definition) is 0. The molecule has 34 heavy (non-hydrogen) atoms. The van der Waals surface area contributed by atoms with E-state index in [9.17, 15) is 14.4 Å². The van der Waals surface area contributed by atoms with Crippen molar-refractivity contribution in [1.29, 1.82) is 0 Å². The summed E-state index contributed by atoms with van der Waals surface area (Å²) in [4.78, 5) is 43.8. The summed E-state index contributed by atoms with van der Waals surface area (Å²) in [6.07, 6.45) is 4.82. The summed E-state index contributed by atoms with van der Waals surface area (Å²) in [5.41, 5.74) is -0.845. The van der Waals surface area contributed by atoms with Crippen LogP contribution in [0.15, 0.2) is 34.6 Å². The molecule has 0 bridgehead atoms. The number of amides is 2. The van der Waals surface area contributed by atoms with Gasteiger partial charge in [0.15, 0.2) is 0 Å². The van der Waals surface area contributed by atoms with Crippen molar-refractivity contribution in [1.82, 2.24) is 9.80 Å². The Balaban J connectivity index is 1.78. The van der Waals surface area contributed by atoms with Gasteiger partial charge in [0.1, 0.15) is 11.2 Å². The minimum Gasteiger partial charge on any atom is -0.468 e. The number of methoxy groups -OCH3 is 1. The standard InChI is InChI=1S/C26H36N2O6/c1-17-26(24(31)32-5)15-18(13-22(29)27-10-6-7-11-27)23(30)28(16-19-9-8-12-33-19)20(26)14-21(34-17)25(2,3)4/h8-9,12,14,17-18,21H,6-7,10-11,13,15-16H2,1-5H3/t17-,18-,21-,26+/m0/s1. The summed E-state index contributed by atoms with van der Waals surface area (Å²) in [6, 6.07) is 3.57. The lowest BCUT2D eigenvalue weighted by Gasteiger charge is -2.52. The molecule has 4 atom stereocenters. The number of nitrogens with zero attached hydrogens (tertiary/aromatic N) is 2. The molecule has 8 nitrogen and oxygen atoms in total. The molecule has 3 aliphatic heterocycles. The van der Waals surface area contributed by atoms with Gasteiger partial charge in [0.2, 0.25) is 11.8 Å². The van der Waals surface area contributed by atoms with Gasteiger partial charge in [0.05, 0.1) is 32.1 Å². The SMILES string of the molecule is COC(=O)[C@@]12C[C@H](CC(=O)N3CCCC3)C(=O)N(Cc3ccco3)C1=C[C@@H](C(C)(C)C)O[C@H]2C. The number of rotatable bonds is 5. The van der Waals surface area contributed by atoms with E-state index in [0.717, 1.165) is 25.9 Å². The maximum Gasteiger partial charge on any atom is 0.320 e. The quantitative estimate of drug-likeness (QED) is 0.609. The van der Waals surface area contributed by atoms with Gasteiger partial charge < -0.3 is 23.7 Å². The molecular formula is C26H36N2O6. The number of fused-ring (bicyclic) bond motifs is 1. The van der Waals surface area contributed by atoms with Crippen LogP contribution < -0.4 is 0 Å². The molecule has 0 aromatic carbocycles. The van der Waals surface area contributed by atoms with Crippen LogP contribution in [0.25, 0.3) is 0 Å². The Morgan fingerprint density at radius 1 is 1.24 bits per heavy atom. The molecular weight excluding hydrogens is 436 g/mol.